The number of hydrogen-bond donors (Lipinski definition) is 3. The number of carboxylic acid groups (broad SMARTS) is 1. The average Bonchev–Trinajstić information content (AvgIpc) is 2.37. The fraction of sp³-hybridized carbons (Fsp3) is 0.333. The van der Waals surface area contributed by atoms with E-state index in [-0.39, 0.29) is 13.0 Å². The van der Waals surface area contributed by atoms with Crippen molar-refractivity contribution in [2.75, 3.05) is 0 Å². The summed E-state index contributed by atoms with van der Waals surface area (Å²) in [5.74, 6) is -1.79. The Hall–Kier alpha value is -2.64. The molecular formula is C12H15N3O5. The molecule has 1 aromatic rings. The molecule has 8 nitrogen and oxygen atoms in total. The first-order valence-corrected chi connectivity index (χ1v) is 5.87. The molecule has 0 spiro atoms. The molecular weight excluding hydrogens is 266 g/mol. The molecule has 0 saturated carbocycles. The summed E-state index contributed by atoms with van der Waals surface area (Å²) in [6, 6.07) is 0.0422. The van der Waals surface area contributed by atoms with Gasteiger partial charge in [-0.2, -0.15) is 0 Å². The van der Waals surface area contributed by atoms with Crippen molar-refractivity contribution >= 4 is 11.9 Å². The van der Waals surface area contributed by atoms with Gasteiger partial charge in [0, 0.05) is 12.3 Å². The van der Waals surface area contributed by atoms with Crippen molar-refractivity contribution < 1.29 is 14.7 Å². The summed E-state index contributed by atoms with van der Waals surface area (Å²) >= 11 is 0. The highest BCUT2D eigenvalue weighted by Crippen LogP contribution is 1.95. The summed E-state index contributed by atoms with van der Waals surface area (Å²) in [4.78, 5) is 46.8. The van der Waals surface area contributed by atoms with Gasteiger partial charge in [0.2, 0.25) is 5.91 Å². The maximum Gasteiger partial charge on any atom is 0.328 e. The molecule has 1 unspecified atom stereocenters. The number of hydrogen-bond acceptors (Lipinski definition) is 4. The second-order valence-corrected chi connectivity index (χ2v) is 4.00. The molecule has 1 atom stereocenters. The van der Waals surface area contributed by atoms with Crippen molar-refractivity contribution in [2.24, 2.45) is 0 Å². The van der Waals surface area contributed by atoms with Crippen LogP contribution in [0.15, 0.2) is 34.0 Å². The van der Waals surface area contributed by atoms with Gasteiger partial charge in [-0.15, -0.1) is 0 Å². The molecule has 0 aliphatic carbocycles. The summed E-state index contributed by atoms with van der Waals surface area (Å²) in [6.45, 7) is 1.37. The van der Waals surface area contributed by atoms with Crippen LogP contribution in [0.4, 0.5) is 0 Å². The Kier molecular flexibility index (Phi) is 5.45. The maximum absolute atomic E-state index is 11.7. The van der Waals surface area contributed by atoms with Gasteiger partial charge in [-0.05, 0) is 13.3 Å². The van der Waals surface area contributed by atoms with Crippen LogP contribution >= 0.6 is 0 Å². The molecule has 20 heavy (non-hydrogen) atoms. The molecule has 0 aliphatic heterocycles. The number of aliphatic carboxylic acids is 1. The Bertz CT molecular complexity index is 628. The highest BCUT2D eigenvalue weighted by atomic mass is 16.4. The summed E-state index contributed by atoms with van der Waals surface area (Å²) < 4.78 is 0.977. The van der Waals surface area contributed by atoms with E-state index in [1.54, 1.807) is 19.1 Å². The third kappa shape index (κ3) is 4.56. The van der Waals surface area contributed by atoms with Gasteiger partial charge in [0.05, 0.1) is 0 Å². The number of H-pyrrole nitrogens is 1. The number of carbonyl (C=O) groups excluding carboxylic acids is 1. The van der Waals surface area contributed by atoms with Crippen LogP contribution in [-0.2, 0) is 16.1 Å². The predicted octanol–water partition coefficient (Wildman–Crippen LogP) is -0.928. The molecule has 1 heterocycles. The van der Waals surface area contributed by atoms with Gasteiger partial charge < -0.3 is 10.4 Å². The fourth-order valence-electron chi connectivity index (χ4n) is 1.46. The summed E-state index contributed by atoms with van der Waals surface area (Å²) in [5.41, 5.74) is -1.30. The van der Waals surface area contributed by atoms with Gasteiger partial charge in [-0.3, -0.25) is 19.1 Å². The molecule has 108 valence electrons. The van der Waals surface area contributed by atoms with E-state index >= 15 is 0 Å². The van der Waals surface area contributed by atoms with Crippen molar-refractivity contribution in [2.45, 2.75) is 25.9 Å². The van der Waals surface area contributed by atoms with E-state index in [2.05, 4.69) is 5.32 Å². The zero-order valence-corrected chi connectivity index (χ0v) is 10.8. The summed E-state index contributed by atoms with van der Waals surface area (Å²) in [7, 11) is 0. The largest absolute Gasteiger partial charge is 0.480 e. The van der Waals surface area contributed by atoms with Gasteiger partial charge in [0.1, 0.15) is 12.6 Å². The summed E-state index contributed by atoms with van der Waals surface area (Å²) in [6.07, 6.45) is 4.61. The van der Waals surface area contributed by atoms with Crippen molar-refractivity contribution in [3.05, 3.63) is 45.3 Å². The number of nitrogens with zero attached hydrogens (tertiary/aromatic N) is 1. The number of allylic oxidation sites excluding steroid dienone is 1. The first-order valence-electron chi connectivity index (χ1n) is 5.87. The fourth-order valence-corrected chi connectivity index (χ4v) is 1.46. The number of nitrogens with one attached hydrogen (secondary N) is 2. The van der Waals surface area contributed by atoms with Crippen LogP contribution in [0.25, 0.3) is 0 Å². The first-order chi connectivity index (χ1) is 9.43. The third-order valence-electron chi connectivity index (χ3n) is 2.45. The van der Waals surface area contributed by atoms with Crippen LogP contribution in [0, 0.1) is 0 Å². The Morgan fingerprint density at radius 1 is 1.50 bits per heavy atom. The Balaban J connectivity index is 2.72. The standard InChI is InChI=1S/C12H15N3O5/c1-2-3-4-8(11(18)19)13-10(17)7-15-6-5-9(16)14-12(15)20/h2-3,5-6,8H,4,7H2,1H3,(H,13,17)(H,18,19)(H,14,16,20)/b3-2+. The molecule has 0 aromatic carbocycles. The molecule has 0 saturated heterocycles. The van der Waals surface area contributed by atoms with E-state index in [1.807, 2.05) is 4.98 Å². The molecule has 1 aromatic heterocycles. The van der Waals surface area contributed by atoms with Crippen LogP contribution in [0.3, 0.4) is 0 Å². The van der Waals surface area contributed by atoms with Crippen LogP contribution in [0.1, 0.15) is 13.3 Å². The lowest BCUT2D eigenvalue weighted by Gasteiger charge is -2.13. The van der Waals surface area contributed by atoms with E-state index in [0.29, 0.717) is 0 Å². The number of amides is 1. The zero-order chi connectivity index (χ0) is 15.1. The summed E-state index contributed by atoms with van der Waals surface area (Å²) in [5, 5.41) is 11.2. The maximum atomic E-state index is 11.7. The lowest BCUT2D eigenvalue weighted by molar-refractivity contribution is -0.141. The molecule has 0 radical (unpaired) electrons. The van der Waals surface area contributed by atoms with Crippen molar-refractivity contribution in [3.63, 3.8) is 0 Å². The van der Waals surface area contributed by atoms with Crippen LogP contribution in [-0.4, -0.2) is 32.6 Å². The van der Waals surface area contributed by atoms with E-state index in [4.69, 9.17) is 5.11 Å². The molecule has 3 N–H and O–H groups in total. The molecule has 0 aliphatic rings. The lowest BCUT2D eigenvalue weighted by Crippen LogP contribution is -2.43. The van der Waals surface area contributed by atoms with E-state index in [9.17, 15) is 19.2 Å². The van der Waals surface area contributed by atoms with Gasteiger partial charge in [0.15, 0.2) is 0 Å². The van der Waals surface area contributed by atoms with Gasteiger partial charge >= 0.3 is 11.7 Å². The zero-order valence-electron chi connectivity index (χ0n) is 10.8. The number of rotatable bonds is 6. The number of carbonyl (C=O) groups is 2. The Labute approximate surface area is 113 Å². The van der Waals surface area contributed by atoms with Gasteiger partial charge in [0.25, 0.3) is 5.56 Å². The quantitative estimate of drug-likeness (QED) is 0.582. The van der Waals surface area contributed by atoms with Crippen LogP contribution in [0.5, 0.6) is 0 Å². The van der Waals surface area contributed by atoms with Crippen molar-refractivity contribution in [3.8, 4) is 0 Å². The molecule has 0 fully saturated rings. The van der Waals surface area contributed by atoms with Gasteiger partial charge in [-0.25, -0.2) is 9.59 Å². The predicted molar refractivity (Wildman–Crippen MR) is 70.3 cm³/mol. The molecule has 1 amide bonds. The average molecular weight is 281 g/mol. The van der Waals surface area contributed by atoms with E-state index in [1.165, 1.54) is 6.20 Å². The number of carboxylic acids is 1. The van der Waals surface area contributed by atoms with Crippen LogP contribution < -0.4 is 16.6 Å². The third-order valence-corrected chi connectivity index (χ3v) is 2.45. The molecule has 0 bridgehead atoms. The SMILES string of the molecule is C/C=C/CC(NC(=O)Cn1ccc(=O)[nH]c1=O)C(=O)O. The first kappa shape index (κ1) is 15.4. The minimum absolute atomic E-state index is 0.151. The molecule has 1 rings (SSSR count). The second kappa shape index (κ2) is 7.07. The van der Waals surface area contributed by atoms with Gasteiger partial charge in [-0.1, -0.05) is 12.2 Å². The normalized spacial score (nSPS) is 12.2. The molecule has 8 heteroatoms. The highest BCUT2D eigenvalue weighted by molar-refractivity contribution is 5.83. The lowest BCUT2D eigenvalue weighted by atomic mass is 10.2. The smallest absolute Gasteiger partial charge is 0.328 e. The van der Waals surface area contributed by atoms with E-state index < -0.39 is 29.2 Å². The monoisotopic (exact) mass is 281 g/mol. The highest BCUT2D eigenvalue weighted by Gasteiger charge is 2.18. The van der Waals surface area contributed by atoms with E-state index in [0.717, 1.165) is 10.6 Å². The minimum atomic E-state index is -1.16. The van der Waals surface area contributed by atoms with Crippen LogP contribution in [0.2, 0.25) is 0 Å². The second-order valence-electron chi connectivity index (χ2n) is 4.00. The van der Waals surface area contributed by atoms with Crippen molar-refractivity contribution in [1.29, 1.82) is 0 Å². The Morgan fingerprint density at radius 3 is 2.75 bits per heavy atom. The van der Waals surface area contributed by atoms with Crippen molar-refractivity contribution in [1.82, 2.24) is 14.9 Å². The number of aromatic nitrogens is 2. The topological polar surface area (TPSA) is 121 Å². The number of aromatic amines is 1. The Morgan fingerprint density at radius 2 is 2.20 bits per heavy atom. The minimum Gasteiger partial charge on any atom is -0.480 e.